The molecule has 1 aliphatic heterocycles. The van der Waals surface area contributed by atoms with Crippen molar-refractivity contribution in [2.75, 3.05) is 6.61 Å². The van der Waals surface area contributed by atoms with Gasteiger partial charge in [0.2, 0.25) is 0 Å². The molecule has 0 radical (unpaired) electrons. The molecule has 0 spiro atoms. The van der Waals surface area contributed by atoms with Crippen molar-refractivity contribution in [3.63, 3.8) is 0 Å². The molecule has 2 heterocycles. The molecule has 1 N–H and O–H groups in total. The second kappa shape index (κ2) is 6.94. The lowest BCUT2D eigenvalue weighted by Crippen LogP contribution is -2.31. The van der Waals surface area contributed by atoms with Gasteiger partial charge in [-0.25, -0.2) is 13.2 Å². The van der Waals surface area contributed by atoms with Crippen LogP contribution in [0.1, 0.15) is 34.9 Å². The highest BCUT2D eigenvalue weighted by molar-refractivity contribution is 5.92. The van der Waals surface area contributed by atoms with Gasteiger partial charge < -0.3 is 10.1 Å². The van der Waals surface area contributed by atoms with E-state index in [0.717, 1.165) is 4.68 Å². The van der Waals surface area contributed by atoms with Crippen LogP contribution in [-0.2, 0) is 6.54 Å². The van der Waals surface area contributed by atoms with Gasteiger partial charge in [-0.05, 0) is 25.0 Å². The maximum absolute atomic E-state index is 13.4. The third-order valence-corrected chi connectivity index (χ3v) is 3.81. The fourth-order valence-electron chi connectivity index (χ4n) is 2.73. The smallest absolute Gasteiger partial charge is 0.270 e. The Bertz CT molecular complexity index is 733. The summed E-state index contributed by atoms with van der Waals surface area (Å²) in [6, 6.07) is 5.15. The van der Waals surface area contributed by atoms with E-state index in [9.17, 15) is 18.0 Å². The zero-order valence-electron chi connectivity index (χ0n) is 12.7. The Labute approximate surface area is 136 Å². The normalized spacial score (nSPS) is 17.1. The first-order chi connectivity index (χ1) is 11.5. The van der Waals surface area contributed by atoms with Crippen LogP contribution in [0.4, 0.5) is 13.2 Å². The van der Waals surface area contributed by atoms with E-state index in [4.69, 9.17) is 4.74 Å². The van der Waals surface area contributed by atoms with Gasteiger partial charge in [0, 0.05) is 17.8 Å². The van der Waals surface area contributed by atoms with Gasteiger partial charge in [-0.2, -0.15) is 5.10 Å². The predicted molar refractivity (Wildman–Crippen MR) is 79.6 cm³/mol. The van der Waals surface area contributed by atoms with E-state index in [1.165, 1.54) is 24.4 Å². The maximum atomic E-state index is 13.4. The Morgan fingerprint density at radius 2 is 2.25 bits per heavy atom. The van der Waals surface area contributed by atoms with Crippen LogP contribution in [0.15, 0.2) is 30.5 Å². The summed E-state index contributed by atoms with van der Waals surface area (Å²) in [6.45, 7) is -0.225. The molecule has 2 aromatic rings. The average Bonchev–Trinajstić information content (AvgIpc) is 2.89. The summed E-state index contributed by atoms with van der Waals surface area (Å²) in [4.78, 5) is 12.4. The van der Waals surface area contributed by atoms with Gasteiger partial charge in [0.15, 0.2) is 0 Å². The SMILES string of the molecule is O=C(NC1CCCOc2cc(F)ccc21)c1ccnn1CC(F)F. The lowest BCUT2D eigenvalue weighted by atomic mass is 10.0. The maximum Gasteiger partial charge on any atom is 0.270 e. The molecule has 3 rings (SSSR count). The van der Waals surface area contributed by atoms with Crippen molar-refractivity contribution in [2.45, 2.75) is 31.9 Å². The fraction of sp³-hybridized carbons (Fsp3) is 0.375. The molecule has 0 bridgehead atoms. The fourth-order valence-corrected chi connectivity index (χ4v) is 2.73. The zero-order chi connectivity index (χ0) is 17.1. The third kappa shape index (κ3) is 3.52. The van der Waals surface area contributed by atoms with Gasteiger partial charge in [-0.1, -0.05) is 6.07 Å². The largest absolute Gasteiger partial charge is 0.493 e. The monoisotopic (exact) mass is 339 g/mol. The van der Waals surface area contributed by atoms with E-state index in [1.807, 2.05) is 0 Å². The Morgan fingerprint density at radius 3 is 3.04 bits per heavy atom. The van der Waals surface area contributed by atoms with Crippen molar-refractivity contribution in [1.82, 2.24) is 15.1 Å². The van der Waals surface area contributed by atoms with Gasteiger partial charge in [0.05, 0.1) is 12.6 Å². The van der Waals surface area contributed by atoms with Crippen molar-refractivity contribution in [1.29, 1.82) is 0 Å². The number of ether oxygens (including phenoxy) is 1. The van der Waals surface area contributed by atoms with Gasteiger partial charge in [-0.15, -0.1) is 0 Å². The number of fused-ring (bicyclic) bond motifs is 1. The molecule has 1 aromatic carbocycles. The first kappa shape index (κ1) is 16.4. The number of carbonyl (C=O) groups excluding carboxylic acids is 1. The molecule has 1 unspecified atom stereocenters. The number of nitrogens with one attached hydrogen (secondary N) is 1. The number of halogens is 3. The Kier molecular flexibility index (Phi) is 4.73. The minimum Gasteiger partial charge on any atom is -0.493 e. The standard InChI is InChI=1S/C16H16F3N3O2/c17-10-3-4-11-12(2-1-7-24-14(11)8-10)21-16(23)13-5-6-20-22(13)9-15(18)19/h3-6,8,12,15H,1-2,7,9H2,(H,21,23). The Hall–Kier alpha value is -2.51. The van der Waals surface area contributed by atoms with Gasteiger partial charge in [-0.3, -0.25) is 9.48 Å². The molecular formula is C16H16F3N3O2. The molecule has 0 saturated heterocycles. The first-order valence-electron chi connectivity index (χ1n) is 7.57. The second-order valence-electron chi connectivity index (χ2n) is 5.49. The highest BCUT2D eigenvalue weighted by Gasteiger charge is 2.24. The van der Waals surface area contributed by atoms with Crippen molar-refractivity contribution < 1.29 is 22.7 Å². The van der Waals surface area contributed by atoms with Crippen LogP contribution in [0, 0.1) is 5.82 Å². The topological polar surface area (TPSA) is 56.1 Å². The van der Waals surface area contributed by atoms with Crippen LogP contribution in [0.2, 0.25) is 0 Å². The molecule has 1 aliphatic rings. The van der Waals surface area contributed by atoms with E-state index < -0.39 is 24.7 Å². The van der Waals surface area contributed by atoms with Crippen LogP contribution < -0.4 is 10.1 Å². The Morgan fingerprint density at radius 1 is 1.42 bits per heavy atom. The quantitative estimate of drug-likeness (QED) is 0.932. The zero-order valence-corrected chi connectivity index (χ0v) is 12.7. The first-order valence-corrected chi connectivity index (χ1v) is 7.57. The highest BCUT2D eigenvalue weighted by atomic mass is 19.3. The van der Waals surface area contributed by atoms with E-state index in [1.54, 1.807) is 6.07 Å². The van der Waals surface area contributed by atoms with Crippen molar-refractivity contribution >= 4 is 5.91 Å². The van der Waals surface area contributed by atoms with E-state index in [-0.39, 0.29) is 11.7 Å². The molecule has 0 saturated carbocycles. The van der Waals surface area contributed by atoms with E-state index in [2.05, 4.69) is 10.4 Å². The molecule has 128 valence electrons. The summed E-state index contributed by atoms with van der Waals surface area (Å²) < 4.78 is 44.9. The molecule has 8 heteroatoms. The summed E-state index contributed by atoms with van der Waals surface area (Å²) in [5.41, 5.74) is 0.728. The van der Waals surface area contributed by atoms with E-state index in [0.29, 0.717) is 30.8 Å². The van der Waals surface area contributed by atoms with Crippen molar-refractivity contribution in [3.05, 3.63) is 47.5 Å². The molecule has 5 nitrogen and oxygen atoms in total. The minimum atomic E-state index is -2.61. The van der Waals surface area contributed by atoms with Gasteiger partial charge >= 0.3 is 0 Å². The molecule has 1 aromatic heterocycles. The summed E-state index contributed by atoms with van der Waals surface area (Å²) in [5.74, 6) is -0.537. The average molecular weight is 339 g/mol. The van der Waals surface area contributed by atoms with Crippen LogP contribution >= 0.6 is 0 Å². The van der Waals surface area contributed by atoms with Crippen LogP contribution in [-0.4, -0.2) is 28.7 Å². The lowest BCUT2D eigenvalue weighted by Gasteiger charge is -2.18. The predicted octanol–water partition coefficient (Wildman–Crippen LogP) is 2.93. The molecule has 0 aliphatic carbocycles. The number of nitrogens with zero attached hydrogens (tertiary/aromatic N) is 2. The second-order valence-corrected chi connectivity index (χ2v) is 5.49. The highest BCUT2D eigenvalue weighted by Crippen LogP contribution is 2.32. The number of hydrogen-bond acceptors (Lipinski definition) is 3. The summed E-state index contributed by atoms with van der Waals surface area (Å²) in [6.07, 6.45) is -0.0201. The number of carbonyl (C=O) groups is 1. The van der Waals surface area contributed by atoms with E-state index >= 15 is 0 Å². The van der Waals surface area contributed by atoms with Crippen LogP contribution in [0.3, 0.4) is 0 Å². The molecular weight excluding hydrogens is 323 g/mol. The van der Waals surface area contributed by atoms with Gasteiger partial charge in [0.1, 0.15) is 23.8 Å². The van der Waals surface area contributed by atoms with Crippen LogP contribution in [0.25, 0.3) is 0 Å². The number of benzene rings is 1. The number of alkyl halides is 2. The van der Waals surface area contributed by atoms with Crippen molar-refractivity contribution in [3.8, 4) is 5.75 Å². The van der Waals surface area contributed by atoms with Gasteiger partial charge in [0.25, 0.3) is 12.3 Å². The molecule has 1 atom stereocenters. The van der Waals surface area contributed by atoms with Crippen molar-refractivity contribution in [2.24, 2.45) is 0 Å². The minimum absolute atomic E-state index is 0.0594. The summed E-state index contributed by atoms with van der Waals surface area (Å²) in [7, 11) is 0. The summed E-state index contributed by atoms with van der Waals surface area (Å²) in [5, 5.41) is 6.55. The number of hydrogen-bond donors (Lipinski definition) is 1. The lowest BCUT2D eigenvalue weighted by molar-refractivity contribution is 0.0905. The molecule has 1 amide bonds. The molecule has 24 heavy (non-hydrogen) atoms. The summed E-state index contributed by atoms with van der Waals surface area (Å²) >= 11 is 0. The molecule has 0 fully saturated rings. The number of amides is 1. The number of rotatable bonds is 4. The van der Waals surface area contributed by atoms with Crippen LogP contribution in [0.5, 0.6) is 5.75 Å². The third-order valence-electron chi connectivity index (χ3n) is 3.81. The Balaban J connectivity index is 1.81. The number of aromatic nitrogens is 2.